The molecule has 0 spiro atoms. The van der Waals surface area contributed by atoms with Gasteiger partial charge in [0.2, 0.25) is 11.8 Å². The van der Waals surface area contributed by atoms with Crippen LogP contribution in [0.5, 0.6) is 0 Å². The van der Waals surface area contributed by atoms with Crippen LogP contribution in [0.25, 0.3) is 0 Å². The van der Waals surface area contributed by atoms with Gasteiger partial charge in [-0.15, -0.1) is 0 Å². The summed E-state index contributed by atoms with van der Waals surface area (Å²) in [5.41, 5.74) is 0.916. The van der Waals surface area contributed by atoms with Crippen LogP contribution in [0, 0.1) is 0 Å². The van der Waals surface area contributed by atoms with Gasteiger partial charge in [-0.25, -0.2) is 0 Å². The predicted octanol–water partition coefficient (Wildman–Crippen LogP) is 0.167. The molecule has 7 nitrogen and oxygen atoms in total. The van der Waals surface area contributed by atoms with E-state index in [-0.39, 0.29) is 24.8 Å². The first-order valence-corrected chi connectivity index (χ1v) is 9.83. The van der Waals surface area contributed by atoms with Crippen LogP contribution in [0.4, 0.5) is 0 Å². The molecule has 2 aliphatic heterocycles. The predicted molar refractivity (Wildman–Crippen MR) is 103 cm³/mol. The first-order chi connectivity index (χ1) is 13.1. The maximum Gasteiger partial charge on any atom is 0.240 e. The topological polar surface area (TPSA) is 76.1 Å². The van der Waals surface area contributed by atoms with Crippen molar-refractivity contribution in [3.05, 3.63) is 34.9 Å². The van der Waals surface area contributed by atoms with Crippen molar-refractivity contribution in [3.63, 3.8) is 0 Å². The zero-order valence-electron chi connectivity index (χ0n) is 15.4. The zero-order valence-corrected chi connectivity index (χ0v) is 16.2. The van der Waals surface area contributed by atoms with Gasteiger partial charge in [0.25, 0.3) is 0 Å². The summed E-state index contributed by atoms with van der Waals surface area (Å²) in [7, 11) is 0. The van der Waals surface area contributed by atoms with E-state index in [0.717, 1.165) is 18.7 Å². The Morgan fingerprint density at radius 1 is 1.19 bits per heavy atom. The minimum Gasteiger partial charge on any atom is -0.395 e. The van der Waals surface area contributed by atoms with E-state index in [1.165, 1.54) is 0 Å². The average Bonchev–Trinajstić information content (AvgIpc) is 2.67. The molecular formula is C19H27ClN4O3. The van der Waals surface area contributed by atoms with E-state index in [4.69, 9.17) is 16.7 Å². The highest BCUT2D eigenvalue weighted by molar-refractivity contribution is 6.31. The van der Waals surface area contributed by atoms with Crippen LogP contribution >= 0.6 is 11.6 Å². The van der Waals surface area contributed by atoms with Gasteiger partial charge in [0.05, 0.1) is 19.1 Å². The molecule has 2 saturated heterocycles. The lowest BCUT2D eigenvalue weighted by Gasteiger charge is -2.37. The molecule has 1 unspecified atom stereocenters. The number of aliphatic hydroxyl groups excluding tert-OH is 1. The number of hydrogen-bond acceptors (Lipinski definition) is 5. The SMILES string of the molecule is O=C(CC1NCCN(Cc2ccccc2Cl)C1=O)N1CCN(CCO)CC1. The second-order valence-electron chi connectivity index (χ2n) is 7.01. The highest BCUT2D eigenvalue weighted by Crippen LogP contribution is 2.19. The summed E-state index contributed by atoms with van der Waals surface area (Å²) in [6.45, 7) is 5.31. The number of aliphatic hydroxyl groups is 1. The quantitative estimate of drug-likeness (QED) is 0.719. The van der Waals surface area contributed by atoms with Gasteiger partial charge in [0.1, 0.15) is 0 Å². The number of carbonyl (C=O) groups is 2. The first kappa shape index (κ1) is 20.1. The van der Waals surface area contributed by atoms with Crippen LogP contribution in [0.1, 0.15) is 12.0 Å². The van der Waals surface area contributed by atoms with Gasteiger partial charge in [-0.05, 0) is 11.6 Å². The maximum atomic E-state index is 12.8. The van der Waals surface area contributed by atoms with Gasteiger partial charge >= 0.3 is 0 Å². The van der Waals surface area contributed by atoms with Gasteiger partial charge in [0, 0.05) is 57.4 Å². The Hall–Kier alpha value is -1.67. The summed E-state index contributed by atoms with van der Waals surface area (Å²) in [6.07, 6.45) is 0.178. The number of β-amino-alcohol motifs (C(OH)–C–C–N with tert-alkyl or cyclic N) is 1. The highest BCUT2D eigenvalue weighted by atomic mass is 35.5. The molecule has 1 aromatic carbocycles. The number of amides is 2. The molecule has 148 valence electrons. The second-order valence-corrected chi connectivity index (χ2v) is 7.42. The number of halogens is 1. The Kier molecular flexibility index (Phi) is 7.07. The molecule has 0 bridgehead atoms. The van der Waals surface area contributed by atoms with Gasteiger partial charge in [0.15, 0.2) is 0 Å². The van der Waals surface area contributed by atoms with Crippen molar-refractivity contribution in [3.8, 4) is 0 Å². The van der Waals surface area contributed by atoms with Gasteiger partial charge in [-0.3, -0.25) is 14.5 Å². The van der Waals surface area contributed by atoms with E-state index < -0.39 is 6.04 Å². The maximum absolute atomic E-state index is 12.8. The van der Waals surface area contributed by atoms with E-state index in [0.29, 0.717) is 44.3 Å². The fourth-order valence-electron chi connectivity index (χ4n) is 3.61. The third-order valence-electron chi connectivity index (χ3n) is 5.22. The molecule has 2 fully saturated rings. The lowest BCUT2D eigenvalue weighted by atomic mass is 10.1. The number of nitrogens with one attached hydrogen (secondary N) is 1. The van der Waals surface area contributed by atoms with Crippen LogP contribution in [0.15, 0.2) is 24.3 Å². The summed E-state index contributed by atoms with van der Waals surface area (Å²) in [5.74, 6) is -0.0440. The van der Waals surface area contributed by atoms with Crippen molar-refractivity contribution in [2.75, 3.05) is 52.4 Å². The highest BCUT2D eigenvalue weighted by Gasteiger charge is 2.32. The van der Waals surface area contributed by atoms with Crippen LogP contribution in [0.2, 0.25) is 5.02 Å². The number of piperazine rings is 2. The normalized spacial score (nSPS) is 21.6. The second kappa shape index (κ2) is 9.50. The van der Waals surface area contributed by atoms with Crippen LogP contribution in [-0.2, 0) is 16.1 Å². The Morgan fingerprint density at radius 2 is 1.93 bits per heavy atom. The third kappa shape index (κ3) is 5.19. The Bertz CT molecular complexity index is 664. The molecular weight excluding hydrogens is 368 g/mol. The summed E-state index contributed by atoms with van der Waals surface area (Å²) < 4.78 is 0. The van der Waals surface area contributed by atoms with Crippen molar-refractivity contribution in [2.24, 2.45) is 0 Å². The minimum absolute atomic E-state index is 0.00379. The number of hydrogen-bond donors (Lipinski definition) is 2. The molecule has 2 heterocycles. The Balaban J connectivity index is 1.53. The number of rotatable bonds is 6. The van der Waals surface area contributed by atoms with Crippen LogP contribution < -0.4 is 5.32 Å². The summed E-state index contributed by atoms with van der Waals surface area (Å²) in [6, 6.07) is 7.03. The molecule has 0 aliphatic carbocycles. The van der Waals surface area contributed by atoms with Crippen molar-refractivity contribution in [2.45, 2.75) is 19.0 Å². The molecule has 1 aromatic rings. The lowest BCUT2D eigenvalue weighted by molar-refractivity contribution is -0.142. The number of benzene rings is 1. The van der Waals surface area contributed by atoms with Gasteiger partial charge in [-0.1, -0.05) is 29.8 Å². The Morgan fingerprint density at radius 3 is 2.63 bits per heavy atom. The van der Waals surface area contributed by atoms with Crippen LogP contribution in [0.3, 0.4) is 0 Å². The Labute approximate surface area is 164 Å². The monoisotopic (exact) mass is 394 g/mol. The molecule has 27 heavy (non-hydrogen) atoms. The smallest absolute Gasteiger partial charge is 0.240 e. The van der Waals surface area contributed by atoms with Crippen molar-refractivity contribution in [1.29, 1.82) is 0 Å². The molecule has 0 saturated carbocycles. The molecule has 0 aromatic heterocycles. The van der Waals surface area contributed by atoms with E-state index in [1.807, 2.05) is 29.2 Å². The molecule has 8 heteroatoms. The standard InChI is InChI=1S/C19H27ClN4O3/c20-16-4-2-1-3-15(16)14-24-6-5-21-17(19(24)27)13-18(26)23-9-7-22(8-10-23)11-12-25/h1-4,17,21,25H,5-14H2. The van der Waals surface area contributed by atoms with Crippen molar-refractivity contribution in [1.82, 2.24) is 20.0 Å². The average molecular weight is 395 g/mol. The summed E-state index contributed by atoms with van der Waals surface area (Å²) in [5, 5.41) is 12.8. The zero-order chi connectivity index (χ0) is 19.2. The fourth-order valence-corrected chi connectivity index (χ4v) is 3.80. The van der Waals surface area contributed by atoms with E-state index >= 15 is 0 Å². The van der Waals surface area contributed by atoms with E-state index in [2.05, 4.69) is 10.2 Å². The van der Waals surface area contributed by atoms with Crippen molar-refractivity contribution >= 4 is 23.4 Å². The molecule has 2 aliphatic rings. The van der Waals surface area contributed by atoms with Crippen LogP contribution in [-0.4, -0.2) is 90.1 Å². The first-order valence-electron chi connectivity index (χ1n) is 9.45. The molecule has 2 amide bonds. The van der Waals surface area contributed by atoms with Gasteiger partial charge < -0.3 is 20.2 Å². The molecule has 3 rings (SSSR count). The summed E-state index contributed by atoms with van der Waals surface area (Å²) in [4.78, 5) is 31.2. The minimum atomic E-state index is -0.482. The van der Waals surface area contributed by atoms with E-state index in [9.17, 15) is 9.59 Å². The largest absolute Gasteiger partial charge is 0.395 e. The molecule has 2 N–H and O–H groups in total. The lowest BCUT2D eigenvalue weighted by Crippen LogP contribution is -2.57. The van der Waals surface area contributed by atoms with Gasteiger partial charge in [-0.2, -0.15) is 0 Å². The molecule has 1 atom stereocenters. The summed E-state index contributed by atoms with van der Waals surface area (Å²) >= 11 is 6.21. The van der Waals surface area contributed by atoms with E-state index in [1.54, 1.807) is 4.90 Å². The third-order valence-corrected chi connectivity index (χ3v) is 5.59. The molecule has 0 radical (unpaired) electrons. The number of nitrogens with zero attached hydrogens (tertiary/aromatic N) is 3. The van der Waals surface area contributed by atoms with Crippen molar-refractivity contribution < 1.29 is 14.7 Å². The fraction of sp³-hybridized carbons (Fsp3) is 0.579. The number of carbonyl (C=O) groups excluding carboxylic acids is 2.